The van der Waals surface area contributed by atoms with E-state index >= 15 is 0 Å². The second-order valence-corrected chi connectivity index (χ2v) is 5.75. The number of carbonyl (C=O) groups is 1. The van der Waals surface area contributed by atoms with Gasteiger partial charge >= 0.3 is 0 Å². The van der Waals surface area contributed by atoms with Gasteiger partial charge in [0.25, 0.3) is 0 Å². The van der Waals surface area contributed by atoms with E-state index in [-0.39, 0.29) is 5.91 Å². The molecule has 1 aromatic carbocycles. The van der Waals surface area contributed by atoms with Crippen molar-refractivity contribution in [1.82, 2.24) is 5.32 Å². The molecule has 2 N–H and O–H groups in total. The molecule has 0 bridgehead atoms. The SMILES string of the molecule is CC(C)NCCCC(=O)Nc1cc(Cl)ccc1N(C)C. The lowest BCUT2D eigenvalue weighted by Crippen LogP contribution is -2.25. The maximum absolute atomic E-state index is 11.9. The topological polar surface area (TPSA) is 44.4 Å². The van der Waals surface area contributed by atoms with E-state index < -0.39 is 0 Å². The van der Waals surface area contributed by atoms with Gasteiger partial charge in [-0.3, -0.25) is 4.79 Å². The molecule has 0 aromatic heterocycles. The van der Waals surface area contributed by atoms with Crippen LogP contribution in [0.3, 0.4) is 0 Å². The first kappa shape index (κ1) is 16.8. The predicted molar refractivity (Wildman–Crippen MR) is 86.8 cm³/mol. The molecule has 0 unspecified atom stereocenters. The Morgan fingerprint density at radius 1 is 1.35 bits per heavy atom. The van der Waals surface area contributed by atoms with Gasteiger partial charge in [-0.25, -0.2) is 0 Å². The number of benzene rings is 1. The fraction of sp³-hybridized carbons (Fsp3) is 0.533. The van der Waals surface area contributed by atoms with Gasteiger partial charge in [0.15, 0.2) is 0 Å². The summed E-state index contributed by atoms with van der Waals surface area (Å²) in [6.45, 7) is 5.03. The lowest BCUT2D eigenvalue weighted by Gasteiger charge is -2.18. The van der Waals surface area contributed by atoms with Gasteiger partial charge in [0, 0.05) is 31.6 Å². The van der Waals surface area contributed by atoms with Crippen molar-refractivity contribution in [2.75, 3.05) is 30.9 Å². The minimum Gasteiger partial charge on any atom is -0.376 e. The Balaban J connectivity index is 2.55. The zero-order valence-electron chi connectivity index (χ0n) is 12.7. The summed E-state index contributed by atoms with van der Waals surface area (Å²) in [7, 11) is 3.87. The highest BCUT2D eigenvalue weighted by molar-refractivity contribution is 6.31. The molecule has 0 atom stereocenters. The Morgan fingerprint density at radius 2 is 2.05 bits per heavy atom. The van der Waals surface area contributed by atoms with Gasteiger partial charge in [-0.2, -0.15) is 0 Å². The van der Waals surface area contributed by atoms with E-state index in [4.69, 9.17) is 11.6 Å². The third-order valence-corrected chi connectivity index (χ3v) is 3.08. The van der Waals surface area contributed by atoms with Crippen LogP contribution in [-0.4, -0.2) is 32.6 Å². The number of rotatable bonds is 7. The summed E-state index contributed by atoms with van der Waals surface area (Å²) in [6, 6.07) is 5.95. The lowest BCUT2D eigenvalue weighted by molar-refractivity contribution is -0.116. The van der Waals surface area contributed by atoms with Crippen molar-refractivity contribution in [2.45, 2.75) is 32.7 Å². The van der Waals surface area contributed by atoms with Gasteiger partial charge in [-0.05, 0) is 31.2 Å². The van der Waals surface area contributed by atoms with E-state index in [9.17, 15) is 4.79 Å². The van der Waals surface area contributed by atoms with Crippen LogP contribution in [0.5, 0.6) is 0 Å². The van der Waals surface area contributed by atoms with Crippen molar-refractivity contribution in [1.29, 1.82) is 0 Å². The van der Waals surface area contributed by atoms with Crippen LogP contribution >= 0.6 is 11.6 Å². The highest BCUT2D eigenvalue weighted by Crippen LogP contribution is 2.27. The molecule has 0 spiro atoms. The second kappa shape index (κ2) is 8.12. The Labute approximate surface area is 126 Å². The molecule has 0 radical (unpaired) electrons. The van der Waals surface area contributed by atoms with Crippen LogP contribution in [0.4, 0.5) is 11.4 Å². The summed E-state index contributed by atoms with van der Waals surface area (Å²) in [5.74, 6) is 0.0147. The third-order valence-electron chi connectivity index (χ3n) is 2.85. The summed E-state index contributed by atoms with van der Waals surface area (Å²) in [5.41, 5.74) is 1.70. The average Bonchev–Trinajstić information content (AvgIpc) is 2.34. The van der Waals surface area contributed by atoms with Gasteiger partial charge in [0.2, 0.25) is 5.91 Å². The standard InChI is InChI=1S/C15H24ClN3O/c1-11(2)17-9-5-6-15(20)18-13-10-12(16)7-8-14(13)19(3)4/h7-8,10-11,17H,5-6,9H2,1-4H3,(H,18,20). The monoisotopic (exact) mass is 297 g/mol. The van der Waals surface area contributed by atoms with Crippen LogP contribution in [0.25, 0.3) is 0 Å². The summed E-state index contributed by atoms with van der Waals surface area (Å²) >= 11 is 5.99. The first-order valence-corrected chi connectivity index (χ1v) is 7.28. The third kappa shape index (κ3) is 5.80. The number of hydrogen-bond donors (Lipinski definition) is 2. The van der Waals surface area contributed by atoms with E-state index in [2.05, 4.69) is 24.5 Å². The number of carbonyl (C=O) groups excluding carboxylic acids is 1. The highest BCUT2D eigenvalue weighted by Gasteiger charge is 2.09. The molecule has 0 saturated carbocycles. The Hall–Kier alpha value is -1.26. The van der Waals surface area contributed by atoms with E-state index in [1.165, 1.54) is 0 Å². The van der Waals surface area contributed by atoms with Gasteiger partial charge in [0.05, 0.1) is 11.4 Å². The van der Waals surface area contributed by atoms with Crippen LogP contribution in [0, 0.1) is 0 Å². The summed E-state index contributed by atoms with van der Waals surface area (Å²) < 4.78 is 0. The summed E-state index contributed by atoms with van der Waals surface area (Å²) in [4.78, 5) is 13.9. The van der Waals surface area contributed by atoms with Gasteiger partial charge in [0.1, 0.15) is 0 Å². The molecule has 0 saturated heterocycles. The molecule has 112 valence electrons. The normalized spacial score (nSPS) is 10.7. The zero-order valence-corrected chi connectivity index (χ0v) is 13.4. The quantitative estimate of drug-likeness (QED) is 0.760. The molecule has 20 heavy (non-hydrogen) atoms. The van der Waals surface area contributed by atoms with E-state index in [1.807, 2.05) is 31.1 Å². The summed E-state index contributed by atoms with van der Waals surface area (Å²) in [6.07, 6.45) is 1.32. The minimum absolute atomic E-state index is 0.0147. The maximum Gasteiger partial charge on any atom is 0.224 e. The van der Waals surface area contributed by atoms with Gasteiger partial charge < -0.3 is 15.5 Å². The number of nitrogens with one attached hydrogen (secondary N) is 2. The van der Waals surface area contributed by atoms with E-state index in [1.54, 1.807) is 6.07 Å². The Kier molecular flexibility index (Phi) is 6.82. The van der Waals surface area contributed by atoms with Crippen molar-refractivity contribution in [3.8, 4) is 0 Å². The molecule has 1 aromatic rings. The number of amides is 1. The number of hydrogen-bond acceptors (Lipinski definition) is 3. The fourth-order valence-corrected chi connectivity index (χ4v) is 2.02. The molecule has 1 amide bonds. The van der Waals surface area contributed by atoms with E-state index in [0.717, 1.165) is 24.3 Å². The van der Waals surface area contributed by atoms with E-state index in [0.29, 0.717) is 17.5 Å². The van der Waals surface area contributed by atoms with Crippen molar-refractivity contribution >= 4 is 28.9 Å². The predicted octanol–water partition coefficient (Wildman–Crippen LogP) is 3.12. The highest BCUT2D eigenvalue weighted by atomic mass is 35.5. The smallest absolute Gasteiger partial charge is 0.224 e. The van der Waals surface area contributed by atoms with Crippen molar-refractivity contribution in [2.24, 2.45) is 0 Å². The molecule has 4 nitrogen and oxygen atoms in total. The van der Waals surface area contributed by atoms with Crippen molar-refractivity contribution < 1.29 is 4.79 Å². The fourth-order valence-electron chi connectivity index (χ4n) is 1.85. The molecule has 1 rings (SSSR count). The van der Waals surface area contributed by atoms with Crippen LogP contribution in [-0.2, 0) is 4.79 Å². The average molecular weight is 298 g/mol. The molecule has 0 fully saturated rings. The zero-order chi connectivity index (χ0) is 15.1. The molecular weight excluding hydrogens is 274 g/mol. The molecule has 0 heterocycles. The Morgan fingerprint density at radius 3 is 2.65 bits per heavy atom. The lowest BCUT2D eigenvalue weighted by atomic mass is 10.2. The molecule has 0 aliphatic rings. The van der Waals surface area contributed by atoms with Crippen LogP contribution in [0.1, 0.15) is 26.7 Å². The molecule has 0 aliphatic heterocycles. The van der Waals surface area contributed by atoms with Crippen LogP contribution in [0.15, 0.2) is 18.2 Å². The van der Waals surface area contributed by atoms with Crippen LogP contribution in [0.2, 0.25) is 5.02 Å². The molecule has 0 aliphatic carbocycles. The van der Waals surface area contributed by atoms with Gasteiger partial charge in [-0.15, -0.1) is 0 Å². The Bertz CT molecular complexity index is 447. The second-order valence-electron chi connectivity index (χ2n) is 5.32. The van der Waals surface area contributed by atoms with Crippen molar-refractivity contribution in [3.63, 3.8) is 0 Å². The first-order valence-electron chi connectivity index (χ1n) is 6.90. The molecular formula is C15H24ClN3O. The van der Waals surface area contributed by atoms with Gasteiger partial charge in [-0.1, -0.05) is 25.4 Å². The van der Waals surface area contributed by atoms with Crippen molar-refractivity contribution in [3.05, 3.63) is 23.2 Å². The number of anilines is 2. The molecule has 5 heteroatoms. The first-order chi connectivity index (χ1) is 9.40. The minimum atomic E-state index is 0.0147. The number of nitrogens with zero attached hydrogens (tertiary/aromatic N) is 1. The summed E-state index contributed by atoms with van der Waals surface area (Å²) in [5, 5.41) is 6.84. The number of halogens is 1. The maximum atomic E-state index is 11.9. The largest absolute Gasteiger partial charge is 0.376 e. The van der Waals surface area contributed by atoms with Crippen LogP contribution < -0.4 is 15.5 Å².